The maximum absolute atomic E-state index is 8.77. The van der Waals surface area contributed by atoms with E-state index in [1.807, 2.05) is 0 Å². The third-order valence-electron chi connectivity index (χ3n) is 2.22. The van der Waals surface area contributed by atoms with Crippen LogP contribution in [0.2, 0.25) is 0 Å². The van der Waals surface area contributed by atoms with Gasteiger partial charge in [-0.1, -0.05) is 27.7 Å². The third kappa shape index (κ3) is 3.89. The SMILES string of the molecule is CC(CO)CC(C)C(C)C. The molecule has 0 aromatic heterocycles. The van der Waals surface area contributed by atoms with Crippen molar-refractivity contribution in [1.82, 2.24) is 0 Å². The molecule has 0 spiro atoms. The van der Waals surface area contributed by atoms with Crippen molar-refractivity contribution in [1.29, 1.82) is 0 Å². The maximum Gasteiger partial charge on any atom is 0.0456 e. The highest BCUT2D eigenvalue weighted by molar-refractivity contribution is 4.61. The van der Waals surface area contributed by atoms with E-state index in [9.17, 15) is 0 Å². The fraction of sp³-hybridized carbons (Fsp3) is 1.00. The van der Waals surface area contributed by atoms with E-state index in [0.717, 1.165) is 18.3 Å². The van der Waals surface area contributed by atoms with Gasteiger partial charge in [0, 0.05) is 6.61 Å². The lowest BCUT2D eigenvalue weighted by atomic mass is 9.89. The predicted molar refractivity (Wildman–Crippen MR) is 44.9 cm³/mol. The quantitative estimate of drug-likeness (QED) is 0.642. The molecule has 10 heavy (non-hydrogen) atoms. The second kappa shape index (κ2) is 4.73. The first kappa shape index (κ1) is 9.96. The molecule has 1 N–H and O–H groups in total. The van der Waals surface area contributed by atoms with E-state index in [1.165, 1.54) is 0 Å². The van der Waals surface area contributed by atoms with Crippen molar-refractivity contribution in [2.75, 3.05) is 6.61 Å². The first-order valence-electron chi connectivity index (χ1n) is 4.18. The Morgan fingerprint density at radius 3 is 1.90 bits per heavy atom. The summed E-state index contributed by atoms with van der Waals surface area (Å²) in [7, 11) is 0. The molecule has 0 saturated carbocycles. The van der Waals surface area contributed by atoms with E-state index < -0.39 is 0 Å². The molecular weight excluding hydrogens is 124 g/mol. The Kier molecular flexibility index (Phi) is 4.71. The molecule has 0 rings (SSSR count). The first-order valence-corrected chi connectivity index (χ1v) is 4.18. The van der Waals surface area contributed by atoms with E-state index in [4.69, 9.17) is 5.11 Å². The number of aliphatic hydroxyl groups is 1. The van der Waals surface area contributed by atoms with Gasteiger partial charge in [-0.15, -0.1) is 0 Å². The number of hydrogen-bond acceptors (Lipinski definition) is 1. The van der Waals surface area contributed by atoms with Gasteiger partial charge in [0.1, 0.15) is 0 Å². The van der Waals surface area contributed by atoms with E-state index in [0.29, 0.717) is 12.5 Å². The van der Waals surface area contributed by atoms with Crippen LogP contribution in [0, 0.1) is 17.8 Å². The van der Waals surface area contributed by atoms with Crippen LogP contribution in [0.5, 0.6) is 0 Å². The van der Waals surface area contributed by atoms with Crippen molar-refractivity contribution in [3.8, 4) is 0 Å². The second-order valence-corrected chi connectivity index (χ2v) is 3.74. The number of hydrogen-bond donors (Lipinski definition) is 1. The van der Waals surface area contributed by atoms with Gasteiger partial charge in [-0.25, -0.2) is 0 Å². The topological polar surface area (TPSA) is 20.2 Å². The molecule has 0 fully saturated rings. The molecule has 0 radical (unpaired) electrons. The Morgan fingerprint density at radius 2 is 1.60 bits per heavy atom. The van der Waals surface area contributed by atoms with Crippen LogP contribution in [-0.4, -0.2) is 11.7 Å². The largest absolute Gasteiger partial charge is 0.396 e. The zero-order valence-corrected chi connectivity index (χ0v) is 7.59. The summed E-state index contributed by atoms with van der Waals surface area (Å²) < 4.78 is 0. The van der Waals surface area contributed by atoms with Crippen molar-refractivity contribution >= 4 is 0 Å². The van der Waals surface area contributed by atoms with Gasteiger partial charge < -0.3 is 5.11 Å². The summed E-state index contributed by atoms with van der Waals surface area (Å²) >= 11 is 0. The Hall–Kier alpha value is -0.0400. The number of aliphatic hydroxyl groups excluding tert-OH is 1. The fourth-order valence-electron chi connectivity index (χ4n) is 0.981. The van der Waals surface area contributed by atoms with Crippen LogP contribution in [0.15, 0.2) is 0 Å². The van der Waals surface area contributed by atoms with Crippen molar-refractivity contribution in [2.24, 2.45) is 17.8 Å². The summed E-state index contributed by atoms with van der Waals surface area (Å²) in [6.45, 7) is 9.14. The van der Waals surface area contributed by atoms with Gasteiger partial charge in [-0.05, 0) is 24.2 Å². The van der Waals surface area contributed by atoms with Crippen LogP contribution in [0.1, 0.15) is 34.1 Å². The van der Waals surface area contributed by atoms with Gasteiger partial charge in [0.05, 0.1) is 0 Å². The number of rotatable bonds is 4. The Balaban J connectivity index is 3.46. The minimum absolute atomic E-state index is 0.330. The Bertz CT molecular complexity index is 78.8. The third-order valence-corrected chi connectivity index (χ3v) is 2.22. The highest BCUT2D eigenvalue weighted by Gasteiger charge is 2.10. The van der Waals surface area contributed by atoms with Gasteiger partial charge in [0.15, 0.2) is 0 Å². The lowest BCUT2D eigenvalue weighted by molar-refractivity contribution is 0.203. The minimum Gasteiger partial charge on any atom is -0.396 e. The van der Waals surface area contributed by atoms with Crippen LogP contribution in [0.4, 0.5) is 0 Å². The van der Waals surface area contributed by atoms with E-state index >= 15 is 0 Å². The molecule has 0 aliphatic heterocycles. The van der Waals surface area contributed by atoms with Gasteiger partial charge in [-0.2, -0.15) is 0 Å². The molecule has 0 saturated heterocycles. The average molecular weight is 144 g/mol. The molecule has 0 aromatic rings. The van der Waals surface area contributed by atoms with E-state index in [-0.39, 0.29) is 0 Å². The molecule has 2 unspecified atom stereocenters. The highest BCUT2D eigenvalue weighted by Crippen LogP contribution is 2.18. The molecular formula is C9H20O. The average Bonchev–Trinajstić information content (AvgIpc) is 1.87. The molecule has 2 atom stereocenters. The monoisotopic (exact) mass is 144 g/mol. The van der Waals surface area contributed by atoms with E-state index in [2.05, 4.69) is 27.7 Å². The smallest absolute Gasteiger partial charge is 0.0456 e. The van der Waals surface area contributed by atoms with E-state index in [1.54, 1.807) is 0 Å². The Labute approximate surface area is 64.5 Å². The van der Waals surface area contributed by atoms with Crippen LogP contribution < -0.4 is 0 Å². The van der Waals surface area contributed by atoms with Crippen LogP contribution in [0.25, 0.3) is 0 Å². The fourth-order valence-corrected chi connectivity index (χ4v) is 0.981. The molecule has 0 heterocycles. The molecule has 1 nitrogen and oxygen atoms in total. The van der Waals surface area contributed by atoms with Gasteiger partial charge in [-0.3, -0.25) is 0 Å². The summed E-state index contributed by atoms with van der Waals surface area (Å²) in [5, 5.41) is 8.77. The normalized spacial score (nSPS) is 17.4. The summed E-state index contributed by atoms with van der Waals surface area (Å²) in [4.78, 5) is 0. The standard InChI is InChI=1S/C9H20O/c1-7(2)9(4)5-8(3)6-10/h7-10H,5-6H2,1-4H3. The second-order valence-electron chi connectivity index (χ2n) is 3.74. The maximum atomic E-state index is 8.77. The first-order chi connectivity index (χ1) is 4.57. The van der Waals surface area contributed by atoms with Gasteiger partial charge in [0.2, 0.25) is 0 Å². The van der Waals surface area contributed by atoms with Crippen LogP contribution >= 0.6 is 0 Å². The molecule has 62 valence electrons. The van der Waals surface area contributed by atoms with Crippen molar-refractivity contribution in [3.05, 3.63) is 0 Å². The molecule has 0 amide bonds. The zero-order chi connectivity index (χ0) is 8.15. The molecule has 1 heteroatoms. The highest BCUT2D eigenvalue weighted by atomic mass is 16.3. The van der Waals surface area contributed by atoms with Crippen LogP contribution in [0.3, 0.4) is 0 Å². The van der Waals surface area contributed by atoms with Crippen molar-refractivity contribution in [3.63, 3.8) is 0 Å². The molecule has 0 aliphatic rings. The summed E-state index contributed by atoms with van der Waals surface area (Å²) in [6.07, 6.45) is 1.15. The lowest BCUT2D eigenvalue weighted by Crippen LogP contribution is -2.11. The lowest BCUT2D eigenvalue weighted by Gasteiger charge is -2.18. The van der Waals surface area contributed by atoms with Gasteiger partial charge >= 0.3 is 0 Å². The van der Waals surface area contributed by atoms with Crippen LogP contribution in [-0.2, 0) is 0 Å². The van der Waals surface area contributed by atoms with Crippen molar-refractivity contribution in [2.45, 2.75) is 34.1 Å². The molecule has 0 bridgehead atoms. The molecule has 0 aliphatic carbocycles. The predicted octanol–water partition coefficient (Wildman–Crippen LogP) is 2.30. The Morgan fingerprint density at radius 1 is 1.10 bits per heavy atom. The summed E-state index contributed by atoms with van der Waals surface area (Å²) in [6, 6.07) is 0. The summed E-state index contributed by atoms with van der Waals surface area (Å²) in [5.41, 5.74) is 0. The summed E-state index contributed by atoms with van der Waals surface area (Å²) in [5.74, 6) is 1.95. The molecule has 0 aromatic carbocycles. The van der Waals surface area contributed by atoms with Gasteiger partial charge in [0.25, 0.3) is 0 Å². The minimum atomic E-state index is 0.330. The zero-order valence-electron chi connectivity index (χ0n) is 7.59. The van der Waals surface area contributed by atoms with Crippen molar-refractivity contribution < 1.29 is 5.11 Å².